The van der Waals surface area contributed by atoms with Crippen LogP contribution in [0.3, 0.4) is 0 Å². The number of benzene rings is 1. The fraction of sp³-hybridized carbons (Fsp3) is 0.462. The van der Waals surface area contributed by atoms with Gasteiger partial charge < -0.3 is 4.90 Å². The molecule has 4 heteroatoms. The summed E-state index contributed by atoms with van der Waals surface area (Å²) in [5.41, 5.74) is 0.625. The first-order valence-electron chi connectivity index (χ1n) is 5.89. The molecule has 92 valence electrons. The first-order chi connectivity index (χ1) is 8.13. The van der Waals surface area contributed by atoms with E-state index < -0.39 is 0 Å². The lowest BCUT2D eigenvalue weighted by molar-refractivity contribution is 0.0733. The van der Waals surface area contributed by atoms with Crippen molar-refractivity contribution in [3.63, 3.8) is 0 Å². The van der Waals surface area contributed by atoms with Gasteiger partial charge in [0, 0.05) is 18.2 Å². The standard InChI is InChI=1S/C13H15Cl2NO/c1-2-10-4-3-7-16(10)13(17)9-5-6-11(14)12(15)8-9/h5-6,8,10H,2-4,7H2,1H3. The Hall–Kier alpha value is -0.730. The van der Waals surface area contributed by atoms with E-state index in [2.05, 4.69) is 6.92 Å². The molecular weight excluding hydrogens is 257 g/mol. The Bertz CT molecular complexity index is 433. The van der Waals surface area contributed by atoms with E-state index in [4.69, 9.17) is 23.2 Å². The van der Waals surface area contributed by atoms with E-state index in [1.54, 1.807) is 18.2 Å². The molecular formula is C13H15Cl2NO. The van der Waals surface area contributed by atoms with Crippen LogP contribution in [-0.2, 0) is 0 Å². The van der Waals surface area contributed by atoms with E-state index in [-0.39, 0.29) is 5.91 Å². The maximum atomic E-state index is 12.3. The Kier molecular flexibility index (Phi) is 3.95. The van der Waals surface area contributed by atoms with E-state index in [0.717, 1.165) is 25.8 Å². The molecule has 1 heterocycles. The van der Waals surface area contributed by atoms with Gasteiger partial charge in [-0.05, 0) is 37.5 Å². The third kappa shape index (κ3) is 2.58. The zero-order valence-electron chi connectivity index (χ0n) is 9.75. The Labute approximate surface area is 112 Å². The van der Waals surface area contributed by atoms with E-state index in [1.165, 1.54) is 0 Å². The van der Waals surface area contributed by atoms with Crippen LogP contribution in [0.4, 0.5) is 0 Å². The van der Waals surface area contributed by atoms with Crippen molar-refractivity contribution in [1.82, 2.24) is 4.90 Å². The van der Waals surface area contributed by atoms with Gasteiger partial charge in [-0.25, -0.2) is 0 Å². The first kappa shape index (κ1) is 12.7. The fourth-order valence-electron chi connectivity index (χ4n) is 2.32. The van der Waals surface area contributed by atoms with E-state index >= 15 is 0 Å². The molecule has 1 aromatic carbocycles. The predicted octanol–water partition coefficient (Wildman–Crippen LogP) is 4.01. The first-order valence-corrected chi connectivity index (χ1v) is 6.65. The number of hydrogen-bond donors (Lipinski definition) is 0. The number of halogens is 2. The molecule has 0 aromatic heterocycles. The largest absolute Gasteiger partial charge is 0.336 e. The van der Waals surface area contributed by atoms with Crippen molar-refractivity contribution in [3.05, 3.63) is 33.8 Å². The fourth-order valence-corrected chi connectivity index (χ4v) is 2.62. The summed E-state index contributed by atoms with van der Waals surface area (Å²) in [5, 5.41) is 0.918. The highest BCUT2D eigenvalue weighted by molar-refractivity contribution is 6.42. The van der Waals surface area contributed by atoms with E-state index in [9.17, 15) is 4.79 Å². The minimum Gasteiger partial charge on any atom is -0.336 e. The van der Waals surface area contributed by atoms with E-state index in [1.807, 2.05) is 4.90 Å². The van der Waals surface area contributed by atoms with Crippen LogP contribution in [0, 0.1) is 0 Å². The van der Waals surface area contributed by atoms with Crippen LogP contribution in [0.5, 0.6) is 0 Å². The average molecular weight is 272 g/mol. The monoisotopic (exact) mass is 271 g/mol. The van der Waals surface area contributed by atoms with Crippen molar-refractivity contribution in [2.24, 2.45) is 0 Å². The summed E-state index contributed by atoms with van der Waals surface area (Å²) in [6, 6.07) is 5.43. The maximum absolute atomic E-state index is 12.3. The zero-order valence-corrected chi connectivity index (χ0v) is 11.3. The van der Waals surface area contributed by atoms with Crippen LogP contribution in [0.1, 0.15) is 36.5 Å². The average Bonchev–Trinajstić information content (AvgIpc) is 2.80. The second kappa shape index (κ2) is 5.28. The number of nitrogens with zero attached hydrogens (tertiary/aromatic N) is 1. The van der Waals surface area contributed by atoms with Crippen LogP contribution in [0.2, 0.25) is 10.0 Å². The van der Waals surface area contributed by atoms with Gasteiger partial charge in [-0.1, -0.05) is 30.1 Å². The van der Waals surface area contributed by atoms with Gasteiger partial charge in [0.25, 0.3) is 5.91 Å². The predicted molar refractivity (Wildman–Crippen MR) is 70.8 cm³/mol. The van der Waals surface area contributed by atoms with Crippen molar-refractivity contribution in [3.8, 4) is 0 Å². The van der Waals surface area contributed by atoms with Gasteiger partial charge >= 0.3 is 0 Å². The number of hydrogen-bond acceptors (Lipinski definition) is 1. The van der Waals surface area contributed by atoms with Crippen molar-refractivity contribution in [2.45, 2.75) is 32.2 Å². The van der Waals surface area contributed by atoms with Crippen LogP contribution in [0.15, 0.2) is 18.2 Å². The number of carbonyl (C=O) groups is 1. The molecule has 1 saturated heterocycles. The summed E-state index contributed by atoms with van der Waals surface area (Å²) in [6.45, 7) is 2.96. The summed E-state index contributed by atoms with van der Waals surface area (Å²) in [7, 11) is 0. The molecule has 2 rings (SSSR count). The quantitative estimate of drug-likeness (QED) is 0.796. The summed E-state index contributed by atoms with van der Waals surface area (Å²) >= 11 is 11.8. The minimum absolute atomic E-state index is 0.0629. The Balaban J connectivity index is 2.21. The van der Waals surface area contributed by atoms with Gasteiger partial charge in [0.1, 0.15) is 0 Å². The highest BCUT2D eigenvalue weighted by atomic mass is 35.5. The van der Waals surface area contributed by atoms with Crippen LogP contribution >= 0.6 is 23.2 Å². The molecule has 0 saturated carbocycles. The lowest BCUT2D eigenvalue weighted by Gasteiger charge is -2.23. The highest BCUT2D eigenvalue weighted by Gasteiger charge is 2.28. The molecule has 2 nitrogen and oxygen atoms in total. The summed E-state index contributed by atoms with van der Waals surface area (Å²) in [6.07, 6.45) is 3.20. The Morgan fingerprint density at radius 1 is 1.41 bits per heavy atom. The number of carbonyl (C=O) groups excluding carboxylic acids is 1. The molecule has 1 amide bonds. The molecule has 17 heavy (non-hydrogen) atoms. The summed E-state index contributed by atoms with van der Waals surface area (Å²) in [4.78, 5) is 14.2. The topological polar surface area (TPSA) is 20.3 Å². The number of amides is 1. The third-order valence-corrected chi connectivity index (χ3v) is 4.01. The molecule has 1 aromatic rings. The number of rotatable bonds is 2. The summed E-state index contributed by atoms with van der Waals surface area (Å²) < 4.78 is 0. The van der Waals surface area contributed by atoms with Crippen LogP contribution < -0.4 is 0 Å². The molecule has 0 radical (unpaired) electrons. The van der Waals surface area contributed by atoms with Crippen molar-refractivity contribution in [2.75, 3.05) is 6.54 Å². The smallest absolute Gasteiger partial charge is 0.254 e. The molecule has 1 aliphatic heterocycles. The van der Waals surface area contributed by atoms with Crippen molar-refractivity contribution < 1.29 is 4.79 Å². The zero-order chi connectivity index (χ0) is 12.4. The maximum Gasteiger partial charge on any atom is 0.254 e. The van der Waals surface area contributed by atoms with E-state index in [0.29, 0.717) is 21.7 Å². The molecule has 1 unspecified atom stereocenters. The molecule has 1 atom stereocenters. The van der Waals surface area contributed by atoms with Gasteiger partial charge in [0.2, 0.25) is 0 Å². The molecule has 0 N–H and O–H groups in total. The lowest BCUT2D eigenvalue weighted by Crippen LogP contribution is -2.35. The lowest BCUT2D eigenvalue weighted by atomic mass is 10.1. The molecule has 1 fully saturated rings. The van der Waals surface area contributed by atoms with Crippen LogP contribution in [-0.4, -0.2) is 23.4 Å². The molecule has 0 bridgehead atoms. The third-order valence-electron chi connectivity index (χ3n) is 3.28. The highest BCUT2D eigenvalue weighted by Crippen LogP contribution is 2.26. The van der Waals surface area contributed by atoms with Gasteiger partial charge in [-0.2, -0.15) is 0 Å². The van der Waals surface area contributed by atoms with Gasteiger partial charge in [0.15, 0.2) is 0 Å². The summed E-state index contributed by atoms with van der Waals surface area (Å²) in [5.74, 6) is 0.0629. The second-order valence-corrected chi connectivity index (χ2v) is 5.15. The minimum atomic E-state index is 0.0629. The SMILES string of the molecule is CCC1CCCN1C(=O)c1ccc(Cl)c(Cl)c1. The van der Waals surface area contributed by atoms with Crippen LogP contribution in [0.25, 0.3) is 0 Å². The van der Waals surface area contributed by atoms with Gasteiger partial charge in [-0.15, -0.1) is 0 Å². The molecule has 0 aliphatic carbocycles. The number of likely N-dealkylation sites (tertiary alicyclic amines) is 1. The second-order valence-electron chi connectivity index (χ2n) is 4.33. The Morgan fingerprint density at radius 2 is 2.18 bits per heavy atom. The molecule has 0 spiro atoms. The van der Waals surface area contributed by atoms with Gasteiger partial charge in [0.05, 0.1) is 10.0 Å². The van der Waals surface area contributed by atoms with Gasteiger partial charge in [-0.3, -0.25) is 4.79 Å². The normalized spacial score (nSPS) is 19.7. The van der Waals surface area contributed by atoms with Crippen molar-refractivity contribution >= 4 is 29.1 Å². The van der Waals surface area contributed by atoms with Crippen molar-refractivity contribution in [1.29, 1.82) is 0 Å². The molecule has 1 aliphatic rings. The Morgan fingerprint density at radius 3 is 2.82 bits per heavy atom.